The van der Waals surface area contributed by atoms with Crippen LogP contribution in [-0.2, 0) is 9.53 Å². The number of carbonyl (C=O) groups excluding carboxylic acids is 1. The second-order valence-corrected chi connectivity index (χ2v) is 12.0. The Bertz CT molecular complexity index is 1300. The number of carbonyl (C=O) groups is 1. The van der Waals surface area contributed by atoms with Gasteiger partial charge in [0.25, 0.3) is 0 Å². The first-order valence-electron chi connectivity index (χ1n) is 14.6. The molecule has 2 aromatic heterocycles. The molecule has 1 fully saturated rings. The lowest BCUT2D eigenvalue weighted by molar-refractivity contribution is -0.155. The van der Waals surface area contributed by atoms with Crippen LogP contribution in [0, 0.1) is 11.3 Å². The average Bonchev–Trinajstić information content (AvgIpc) is 3.74. The molecule has 0 spiro atoms. The zero-order valence-corrected chi connectivity index (χ0v) is 24.0. The molecule has 0 amide bonds. The lowest BCUT2D eigenvalue weighted by atomic mass is 9.84. The second-order valence-electron chi connectivity index (χ2n) is 12.0. The largest absolute Gasteiger partial charge is 0.478 e. The van der Waals surface area contributed by atoms with Crippen LogP contribution in [0.25, 0.3) is 22.1 Å². The molecule has 0 radical (unpaired) electrons. The van der Waals surface area contributed by atoms with Crippen LogP contribution in [0.1, 0.15) is 97.0 Å². The molecule has 1 aliphatic rings. The van der Waals surface area contributed by atoms with Crippen LogP contribution in [0.3, 0.4) is 0 Å². The van der Waals surface area contributed by atoms with Gasteiger partial charge in [-0.05, 0) is 75.0 Å². The highest BCUT2D eigenvalue weighted by molar-refractivity contribution is 5.81. The van der Waals surface area contributed by atoms with Gasteiger partial charge in [-0.2, -0.15) is 0 Å². The van der Waals surface area contributed by atoms with Crippen LogP contribution in [0.4, 0.5) is 0 Å². The van der Waals surface area contributed by atoms with Gasteiger partial charge in [0.1, 0.15) is 5.58 Å². The van der Waals surface area contributed by atoms with Crippen molar-refractivity contribution in [2.24, 2.45) is 11.3 Å². The number of hydrogen-bond acceptors (Lipinski definition) is 6. The van der Waals surface area contributed by atoms with E-state index in [1.54, 1.807) is 12.3 Å². The maximum atomic E-state index is 12.7. The van der Waals surface area contributed by atoms with Gasteiger partial charge in [-0.1, -0.05) is 63.8 Å². The maximum absolute atomic E-state index is 12.7. The van der Waals surface area contributed by atoms with Crippen LogP contribution >= 0.6 is 0 Å². The molecule has 0 N–H and O–H groups in total. The summed E-state index contributed by atoms with van der Waals surface area (Å²) in [5, 5.41) is 0.780. The van der Waals surface area contributed by atoms with Crippen molar-refractivity contribution in [3.8, 4) is 17.0 Å². The molecule has 210 valence electrons. The number of nitrogens with zero attached hydrogens (tertiary/aromatic N) is 1. The Morgan fingerprint density at radius 3 is 2.46 bits per heavy atom. The minimum atomic E-state index is -0.413. The summed E-state index contributed by atoms with van der Waals surface area (Å²) in [7, 11) is 0. The molecule has 6 nitrogen and oxygen atoms in total. The van der Waals surface area contributed by atoms with E-state index >= 15 is 0 Å². The first-order valence-corrected chi connectivity index (χ1v) is 14.6. The Balaban J connectivity index is 1.15. The highest BCUT2D eigenvalue weighted by atomic mass is 16.5. The van der Waals surface area contributed by atoms with Gasteiger partial charge in [-0.15, -0.1) is 0 Å². The summed E-state index contributed by atoms with van der Waals surface area (Å²) in [5.74, 6) is 1.48. The van der Waals surface area contributed by atoms with Crippen LogP contribution < -0.4 is 10.4 Å². The second kappa shape index (κ2) is 13.3. The number of ether oxygens (including phenoxy) is 2. The highest BCUT2D eigenvalue weighted by Gasteiger charge is 2.30. The van der Waals surface area contributed by atoms with Crippen LogP contribution in [0.15, 0.2) is 51.8 Å². The minimum Gasteiger partial charge on any atom is -0.478 e. The van der Waals surface area contributed by atoms with E-state index in [9.17, 15) is 9.59 Å². The molecule has 3 aromatic rings. The number of pyridine rings is 1. The molecule has 1 saturated carbocycles. The lowest BCUT2D eigenvalue weighted by Crippen LogP contribution is -2.28. The Kier molecular flexibility index (Phi) is 9.82. The number of fused-ring (bicyclic) bond motifs is 1. The van der Waals surface area contributed by atoms with E-state index < -0.39 is 5.41 Å². The molecule has 2 heterocycles. The maximum Gasteiger partial charge on any atom is 0.344 e. The van der Waals surface area contributed by atoms with Crippen molar-refractivity contribution in [1.29, 1.82) is 0 Å². The molecule has 0 aliphatic heterocycles. The Morgan fingerprint density at radius 2 is 1.74 bits per heavy atom. The van der Waals surface area contributed by atoms with Crippen LogP contribution in [0.5, 0.6) is 5.88 Å². The summed E-state index contributed by atoms with van der Waals surface area (Å²) in [5.41, 5.74) is 2.47. The van der Waals surface area contributed by atoms with Crippen molar-refractivity contribution < 1.29 is 18.7 Å². The fourth-order valence-electron chi connectivity index (χ4n) is 5.20. The van der Waals surface area contributed by atoms with E-state index in [1.807, 2.05) is 32.0 Å². The van der Waals surface area contributed by atoms with Gasteiger partial charge in [-0.25, -0.2) is 9.78 Å². The van der Waals surface area contributed by atoms with E-state index in [2.05, 4.69) is 31.0 Å². The smallest absolute Gasteiger partial charge is 0.344 e. The summed E-state index contributed by atoms with van der Waals surface area (Å²) < 4.78 is 16.9. The Labute approximate surface area is 232 Å². The van der Waals surface area contributed by atoms with Crippen molar-refractivity contribution >= 4 is 16.9 Å². The zero-order chi connectivity index (χ0) is 27.8. The predicted octanol–water partition coefficient (Wildman–Crippen LogP) is 8.07. The molecule has 6 heteroatoms. The quantitative estimate of drug-likeness (QED) is 0.145. The summed E-state index contributed by atoms with van der Waals surface area (Å²) in [6.07, 6.45) is 11.2. The van der Waals surface area contributed by atoms with E-state index in [0.717, 1.165) is 55.9 Å². The van der Waals surface area contributed by atoms with Crippen LogP contribution in [-0.4, -0.2) is 24.2 Å². The number of rotatable bonds is 15. The van der Waals surface area contributed by atoms with E-state index in [1.165, 1.54) is 18.4 Å². The molecule has 39 heavy (non-hydrogen) atoms. The molecule has 0 unspecified atom stereocenters. The average molecular weight is 534 g/mol. The minimum absolute atomic E-state index is 0.0889. The van der Waals surface area contributed by atoms with Gasteiger partial charge < -0.3 is 13.9 Å². The summed E-state index contributed by atoms with van der Waals surface area (Å²) in [6, 6.07) is 11.8. The SMILES string of the molecule is CC(C)CC(C)(C)C(=O)OCCCCCCCCOc1cc2oc(=O)c(-c3cccc(C4CC4)c3)cc2cn1. The van der Waals surface area contributed by atoms with Crippen molar-refractivity contribution in [2.45, 2.75) is 91.4 Å². The topological polar surface area (TPSA) is 78.6 Å². The normalized spacial score (nSPS) is 13.7. The Hall–Kier alpha value is -3.15. The van der Waals surface area contributed by atoms with Crippen molar-refractivity contribution in [3.05, 3.63) is 58.6 Å². The number of benzene rings is 1. The van der Waals surface area contributed by atoms with Crippen molar-refractivity contribution in [3.63, 3.8) is 0 Å². The third-order valence-corrected chi connectivity index (χ3v) is 7.33. The first kappa shape index (κ1) is 28.8. The van der Waals surface area contributed by atoms with Crippen LogP contribution in [0.2, 0.25) is 0 Å². The van der Waals surface area contributed by atoms with Gasteiger partial charge in [0.05, 0.1) is 24.2 Å². The third kappa shape index (κ3) is 8.42. The molecule has 0 bridgehead atoms. The zero-order valence-electron chi connectivity index (χ0n) is 24.0. The monoisotopic (exact) mass is 533 g/mol. The number of hydrogen-bond donors (Lipinski definition) is 0. The standard InChI is InChI=1S/C33H43NO5/c1-23(2)21-33(3,4)32(36)38-17-10-8-6-5-7-9-16-37-30-20-29-27(22-34-30)19-28(31(35)39-29)26-13-11-12-25(18-26)24-14-15-24/h11-13,18-20,22-24H,5-10,14-17,21H2,1-4H3. The van der Waals surface area contributed by atoms with E-state index in [0.29, 0.717) is 42.1 Å². The Morgan fingerprint density at radius 1 is 1.03 bits per heavy atom. The van der Waals surface area contributed by atoms with Gasteiger partial charge in [0.15, 0.2) is 0 Å². The first-order chi connectivity index (χ1) is 18.7. The summed E-state index contributed by atoms with van der Waals surface area (Å²) >= 11 is 0. The van der Waals surface area contributed by atoms with Crippen molar-refractivity contribution in [1.82, 2.24) is 4.98 Å². The predicted molar refractivity (Wildman–Crippen MR) is 155 cm³/mol. The molecule has 1 aromatic carbocycles. The fourth-order valence-corrected chi connectivity index (χ4v) is 5.20. The summed E-state index contributed by atoms with van der Waals surface area (Å²) in [4.78, 5) is 29.4. The fraction of sp³-hybridized carbons (Fsp3) is 0.545. The van der Waals surface area contributed by atoms with E-state index in [4.69, 9.17) is 13.9 Å². The van der Waals surface area contributed by atoms with Gasteiger partial charge in [-0.3, -0.25) is 4.79 Å². The summed E-state index contributed by atoms with van der Waals surface area (Å²) in [6.45, 7) is 9.25. The van der Waals surface area contributed by atoms with Gasteiger partial charge in [0.2, 0.25) is 5.88 Å². The molecule has 4 rings (SSSR count). The van der Waals surface area contributed by atoms with E-state index in [-0.39, 0.29) is 11.6 Å². The van der Waals surface area contributed by atoms with Gasteiger partial charge >= 0.3 is 11.6 Å². The number of unbranched alkanes of at least 4 members (excludes halogenated alkanes) is 5. The highest BCUT2D eigenvalue weighted by Crippen LogP contribution is 2.41. The lowest BCUT2D eigenvalue weighted by Gasteiger charge is -2.24. The molecule has 0 saturated heterocycles. The molecular formula is C33H43NO5. The molecule has 1 aliphatic carbocycles. The molecule has 0 atom stereocenters. The van der Waals surface area contributed by atoms with Crippen molar-refractivity contribution in [2.75, 3.05) is 13.2 Å². The number of aromatic nitrogens is 1. The third-order valence-electron chi connectivity index (χ3n) is 7.33. The van der Waals surface area contributed by atoms with Gasteiger partial charge in [0, 0.05) is 17.6 Å². The number of esters is 1. The molecular weight excluding hydrogens is 490 g/mol.